The lowest BCUT2D eigenvalue weighted by atomic mass is 9.75. The number of hydrogen-bond donors (Lipinski definition) is 1. The van der Waals surface area contributed by atoms with Crippen LogP contribution in [-0.4, -0.2) is 30.1 Å². The minimum Gasteiger partial charge on any atom is -0.469 e. The monoisotopic (exact) mass is 402 g/mol. The summed E-state index contributed by atoms with van der Waals surface area (Å²) in [4.78, 5) is 24.1. The number of aliphatic hydroxyl groups is 1. The summed E-state index contributed by atoms with van der Waals surface area (Å²) >= 11 is 0. The summed E-state index contributed by atoms with van der Waals surface area (Å²) in [6, 6.07) is 0. The Labute approximate surface area is 176 Å². The number of fused-ring (bicyclic) bond motifs is 1. The summed E-state index contributed by atoms with van der Waals surface area (Å²) in [7, 11) is 1.43. The van der Waals surface area contributed by atoms with Crippen molar-refractivity contribution in [1.82, 2.24) is 0 Å². The van der Waals surface area contributed by atoms with Gasteiger partial charge in [-0.05, 0) is 62.7 Å². The number of aliphatic hydroxyl groups excluding tert-OH is 1. The summed E-state index contributed by atoms with van der Waals surface area (Å²) in [6.45, 7) is 4.20. The predicted octanol–water partition coefficient (Wildman–Crippen LogP) is 4.84. The van der Waals surface area contributed by atoms with Gasteiger partial charge in [0.1, 0.15) is 5.78 Å². The molecule has 0 aromatic rings. The number of Topliss-reactive ketones (excluding diaryl/α,β-unsaturated/α-hetero) is 1. The molecule has 0 amide bonds. The first-order valence-corrected chi connectivity index (χ1v) is 11.4. The Hall–Kier alpha value is -1.60. The lowest BCUT2D eigenvalue weighted by Crippen LogP contribution is -2.30. The van der Waals surface area contributed by atoms with Gasteiger partial charge in [0.25, 0.3) is 0 Å². The van der Waals surface area contributed by atoms with Crippen LogP contribution in [0.2, 0.25) is 0 Å². The molecule has 2 aliphatic rings. The Morgan fingerprint density at radius 3 is 2.79 bits per heavy atom. The average Bonchev–Trinajstić information content (AvgIpc) is 3.04. The van der Waals surface area contributed by atoms with Gasteiger partial charge >= 0.3 is 5.97 Å². The van der Waals surface area contributed by atoms with Crippen LogP contribution in [0.5, 0.6) is 0 Å². The van der Waals surface area contributed by atoms with Crippen LogP contribution in [0.25, 0.3) is 0 Å². The van der Waals surface area contributed by atoms with Crippen LogP contribution in [0.15, 0.2) is 11.6 Å². The fourth-order valence-electron chi connectivity index (χ4n) is 4.92. The van der Waals surface area contributed by atoms with Crippen LogP contribution in [0.1, 0.15) is 84.5 Å². The molecular formula is C25H38O4. The number of hydrogen-bond acceptors (Lipinski definition) is 4. The number of carbonyl (C=O) groups excluding carboxylic acids is 2. The van der Waals surface area contributed by atoms with Crippen LogP contribution in [0.4, 0.5) is 0 Å². The van der Waals surface area contributed by atoms with Crippen molar-refractivity contribution in [1.29, 1.82) is 0 Å². The van der Waals surface area contributed by atoms with E-state index < -0.39 is 6.10 Å². The topological polar surface area (TPSA) is 63.6 Å². The first-order valence-electron chi connectivity index (χ1n) is 11.4. The largest absolute Gasteiger partial charge is 0.469 e. The van der Waals surface area contributed by atoms with Crippen molar-refractivity contribution in [3.05, 3.63) is 11.6 Å². The van der Waals surface area contributed by atoms with Gasteiger partial charge in [-0.15, -0.1) is 11.8 Å². The first kappa shape index (κ1) is 23.7. The van der Waals surface area contributed by atoms with E-state index in [1.165, 1.54) is 12.7 Å². The molecule has 0 aromatic carbocycles. The van der Waals surface area contributed by atoms with Crippen LogP contribution in [0.3, 0.4) is 0 Å². The second-order valence-corrected chi connectivity index (χ2v) is 8.86. The number of esters is 1. The number of ketones is 1. The number of allylic oxidation sites excluding steroid dienone is 2. The molecule has 1 N–H and O–H groups in total. The van der Waals surface area contributed by atoms with E-state index in [4.69, 9.17) is 0 Å². The highest BCUT2D eigenvalue weighted by Crippen LogP contribution is 2.47. The van der Waals surface area contributed by atoms with E-state index >= 15 is 0 Å². The molecule has 2 rings (SSSR count). The molecule has 0 saturated heterocycles. The third kappa shape index (κ3) is 7.30. The van der Waals surface area contributed by atoms with Crippen molar-refractivity contribution in [2.75, 3.05) is 7.11 Å². The third-order valence-electron chi connectivity index (χ3n) is 6.59. The summed E-state index contributed by atoms with van der Waals surface area (Å²) in [5.74, 6) is 7.33. The van der Waals surface area contributed by atoms with Gasteiger partial charge < -0.3 is 9.84 Å². The second-order valence-electron chi connectivity index (χ2n) is 8.86. The Balaban J connectivity index is 1.80. The standard InChI is InChI=1S/C25H38O4/c1-4-5-6-9-18(2)12-15-22(26)25-21-14-13-19(16-20(21)17-23(25)27)10-7-8-11-24(28)29-3/h13,18,20-21,23,25,27H,4,7-12,14-17H2,1-3H3/t18?,20-,21+,23?,25?/m1/s1. The second kappa shape index (κ2) is 12.2. The molecule has 0 radical (unpaired) electrons. The predicted molar refractivity (Wildman–Crippen MR) is 115 cm³/mol. The van der Waals surface area contributed by atoms with Gasteiger partial charge in [-0.25, -0.2) is 0 Å². The van der Waals surface area contributed by atoms with Gasteiger partial charge in [-0.1, -0.05) is 25.5 Å². The van der Waals surface area contributed by atoms with E-state index in [0.717, 1.165) is 57.8 Å². The Kier molecular flexibility index (Phi) is 9.94. The zero-order valence-electron chi connectivity index (χ0n) is 18.4. The van der Waals surface area contributed by atoms with Gasteiger partial charge in [0.05, 0.1) is 13.2 Å². The molecule has 5 atom stereocenters. The van der Waals surface area contributed by atoms with Crippen molar-refractivity contribution in [3.8, 4) is 11.8 Å². The van der Waals surface area contributed by atoms with E-state index in [9.17, 15) is 14.7 Å². The minimum absolute atomic E-state index is 0.144. The molecule has 0 heterocycles. The molecule has 29 heavy (non-hydrogen) atoms. The zero-order valence-corrected chi connectivity index (χ0v) is 18.4. The quantitative estimate of drug-likeness (QED) is 0.246. The molecule has 1 fully saturated rings. The lowest BCUT2D eigenvalue weighted by molar-refractivity contribution is -0.140. The van der Waals surface area contributed by atoms with Crippen molar-refractivity contribution in [2.45, 2.75) is 90.6 Å². The summed E-state index contributed by atoms with van der Waals surface area (Å²) < 4.78 is 4.68. The van der Waals surface area contributed by atoms with E-state index in [1.54, 1.807) is 0 Å². The molecule has 1 saturated carbocycles. The summed E-state index contributed by atoms with van der Waals surface area (Å²) in [6.07, 6.45) is 10.9. The maximum Gasteiger partial charge on any atom is 0.305 e. The minimum atomic E-state index is -0.486. The van der Waals surface area contributed by atoms with Crippen molar-refractivity contribution >= 4 is 11.8 Å². The fraction of sp³-hybridized carbons (Fsp3) is 0.760. The highest BCUT2D eigenvalue weighted by molar-refractivity contribution is 5.82. The van der Waals surface area contributed by atoms with Gasteiger partial charge in [0.15, 0.2) is 0 Å². The maximum atomic E-state index is 12.9. The molecule has 0 bridgehead atoms. The molecule has 2 aliphatic carbocycles. The van der Waals surface area contributed by atoms with E-state index in [2.05, 4.69) is 29.6 Å². The van der Waals surface area contributed by atoms with E-state index in [1.807, 2.05) is 6.92 Å². The lowest BCUT2D eigenvalue weighted by Gasteiger charge is -2.29. The Bertz CT molecular complexity index is 639. The molecule has 0 aliphatic heterocycles. The number of unbranched alkanes of at least 4 members (excludes halogenated alkanes) is 1. The van der Waals surface area contributed by atoms with Crippen LogP contribution >= 0.6 is 0 Å². The van der Waals surface area contributed by atoms with Gasteiger partial charge in [-0.3, -0.25) is 9.59 Å². The zero-order chi connectivity index (χ0) is 21.2. The Morgan fingerprint density at radius 1 is 1.28 bits per heavy atom. The van der Waals surface area contributed by atoms with Gasteiger partial charge in [-0.2, -0.15) is 0 Å². The highest BCUT2D eigenvalue weighted by Gasteiger charge is 2.46. The molecule has 4 heteroatoms. The van der Waals surface area contributed by atoms with Crippen LogP contribution < -0.4 is 0 Å². The molecular weight excluding hydrogens is 364 g/mol. The van der Waals surface area contributed by atoms with Crippen molar-refractivity contribution in [2.24, 2.45) is 23.7 Å². The number of rotatable bonds is 10. The Morgan fingerprint density at radius 2 is 2.07 bits per heavy atom. The summed E-state index contributed by atoms with van der Waals surface area (Å²) in [5, 5.41) is 10.6. The molecule has 0 spiro atoms. The van der Waals surface area contributed by atoms with Gasteiger partial charge in [0, 0.05) is 31.6 Å². The van der Waals surface area contributed by atoms with E-state index in [0.29, 0.717) is 30.6 Å². The third-order valence-corrected chi connectivity index (χ3v) is 6.59. The number of methoxy groups -OCH3 is 1. The van der Waals surface area contributed by atoms with Crippen LogP contribution in [-0.2, 0) is 14.3 Å². The first-order chi connectivity index (χ1) is 14.0. The molecule has 0 aromatic heterocycles. The van der Waals surface area contributed by atoms with Gasteiger partial charge in [0.2, 0.25) is 0 Å². The molecule has 162 valence electrons. The number of ether oxygens (including phenoxy) is 1. The van der Waals surface area contributed by atoms with Crippen molar-refractivity contribution < 1.29 is 19.4 Å². The average molecular weight is 403 g/mol. The number of carbonyl (C=O) groups is 2. The van der Waals surface area contributed by atoms with Crippen molar-refractivity contribution in [3.63, 3.8) is 0 Å². The molecule has 4 nitrogen and oxygen atoms in total. The van der Waals surface area contributed by atoms with Crippen LogP contribution in [0, 0.1) is 35.5 Å². The highest BCUT2D eigenvalue weighted by atomic mass is 16.5. The smallest absolute Gasteiger partial charge is 0.305 e. The normalized spacial score (nSPS) is 26.7. The fourth-order valence-corrected chi connectivity index (χ4v) is 4.92. The van der Waals surface area contributed by atoms with E-state index in [-0.39, 0.29) is 17.7 Å². The SMILES string of the molecule is CCC#CCC(C)CCC(=O)C1C(O)C[C@H]2CC(CCCCC(=O)OC)=CC[C@H]12. The maximum absolute atomic E-state index is 12.9. The molecule has 3 unspecified atom stereocenters. The summed E-state index contributed by atoms with van der Waals surface area (Å²) in [5.41, 5.74) is 1.43.